The third-order valence-corrected chi connectivity index (χ3v) is 3.70. The summed E-state index contributed by atoms with van der Waals surface area (Å²) in [6, 6.07) is 5.46. The minimum Gasteiger partial charge on any atom is -0.451 e. The number of rotatable bonds is 3. The number of fused-ring (bicyclic) bond motifs is 1. The molecule has 1 aromatic heterocycles. The lowest BCUT2D eigenvalue weighted by Gasteiger charge is -2.16. The average Bonchev–Trinajstić information content (AvgIpc) is 2.66. The van der Waals surface area contributed by atoms with Crippen molar-refractivity contribution in [3.8, 4) is 0 Å². The van der Waals surface area contributed by atoms with Crippen LogP contribution < -0.4 is 5.32 Å². The van der Waals surface area contributed by atoms with Gasteiger partial charge in [-0.2, -0.15) is 0 Å². The summed E-state index contributed by atoms with van der Waals surface area (Å²) in [5.41, 5.74) is 1.51. The molecule has 0 bridgehead atoms. The summed E-state index contributed by atoms with van der Waals surface area (Å²) in [6.07, 6.45) is 0. The Morgan fingerprint density at radius 2 is 2.00 bits per heavy atom. The molecular weight excluding hydrogens is 262 g/mol. The largest absolute Gasteiger partial charge is 0.451 e. The number of carbonyl (C=O) groups is 1. The Bertz CT molecular complexity index is 616. The van der Waals surface area contributed by atoms with E-state index in [1.165, 1.54) is 0 Å². The fourth-order valence-electron chi connectivity index (χ4n) is 1.85. The summed E-state index contributed by atoms with van der Waals surface area (Å²) in [6.45, 7) is 7.99. The van der Waals surface area contributed by atoms with Gasteiger partial charge in [0.05, 0.1) is 0 Å². The van der Waals surface area contributed by atoms with E-state index in [9.17, 15) is 4.79 Å². The van der Waals surface area contributed by atoms with Gasteiger partial charge in [-0.25, -0.2) is 0 Å². The normalized spacial score (nSPS) is 12.9. The van der Waals surface area contributed by atoms with Crippen LogP contribution in [0.5, 0.6) is 0 Å². The minimum atomic E-state index is -0.175. The van der Waals surface area contributed by atoms with Crippen LogP contribution in [0.1, 0.15) is 36.9 Å². The van der Waals surface area contributed by atoms with Gasteiger partial charge in [-0.3, -0.25) is 4.79 Å². The van der Waals surface area contributed by atoms with Crippen LogP contribution in [0.4, 0.5) is 0 Å². The Morgan fingerprint density at radius 3 is 2.63 bits per heavy atom. The van der Waals surface area contributed by atoms with E-state index in [4.69, 9.17) is 16.0 Å². The van der Waals surface area contributed by atoms with Gasteiger partial charge in [0.15, 0.2) is 5.76 Å². The molecule has 0 fully saturated rings. The van der Waals surface area contributed by atoms with Crippen molar-refractivity contribution in [2.45, 2.75) is 33.7 Å². The van der Waals surface area contributed by atoms with Crippen LogP contribution in [0, 0.1) is 12.8 Å². The quantitative estimate of drug-likeness (QED) is 0.916. The first kappa shape index (κ1) is 13.9. The highest BCUT2D eigenvalue weighted by atomic mass is 35.5. The minimum absolute atomic E-state index is 0.101. The van der Waals surface area contributed by atoms with Gasteiger partial charge in [-0.1, -0.05) is 25.4 Å². The van der Waals surface area contributed by atoms with Gasteiger partial charge in [-0.05, 0) is 38.0 Å². The van der Waals surface area contributed by atoms with Gasteiger partial charge in [0.1, 0.15) is 5.58 Å². The van der Waals surface area contributed by atoms with Crippen LogP contribution in [-0.2, 0) is 0 Å². The van der Waals surface area contributed by atoms with E-state index < -0.39 is 0 Å². The fraction of sp³-hybridized carbons (Fsp3) is 0.400. The predicted octanol–water partition coefficient (Wildman–Crippen LogP) is 4.17. The number of halogens is 1. The van der Waals surface area contributed by atoms with E-state index in [0.29, 0.717) is 22.3 Å². The molecule has 0 radical (unpaired) electrons. The molecule has 0 saturated carbocycles. The van der Waals surface area contributed by atoms with Crippen molar-refractivity contribution < 1.29 is 9.21 Å². The zero-order chi connectivity index (χ0) is 14.2. The van der Waals surface area contributed by atoms with Crippen molar-refractivity contribution in [2.75, 3.05) is 0 Å². The molecule has 102 valence electrons. The van der Waals surface area contributed by atoms with Gasteiger partial charge in [-0.15, -0.1) is 0 Å². The van der Waals surface area contributed by atoms with Crippen LogP contribution in [0.15, 0.2) is 22.6 Å². The monoisotopic (exact) mass is 279 g/mol. The molecular formula is C15H18ClNO2. The van der Waals surface area contributed by atoms with Gasteiger partial charge in [0.2, 0.25) is 0 Å². The molecule has 4 heteroatoms. The molecule has 1 amide bonds. The standard InChI is InChI=1S/C15H18ClNO2/c1-8(2)10(4)17-15(18)14-9(3)12-7-11(16)5-6-13(12)19-14/h5-8,10H,1-4H3,(H,17,18). The zero-order valence-corrected chi connectivity index (χ0v) is 12.3. The number of aryl methyl sites for hydroxylation is 1. The number of nitrogens with one attached hydrogen (secondary N) is 1. The van der Waals surface area contributed by atoms with E-state index in [0.717, 1.165) is 10.9 Å². The fourth-order valence-corrected chi connectivity index (χ4v) is 2.02. The maximum absolute atomic E-state index is 12.2. The van der Waals surface area contributed by atoms with Crippen molar-refractivity contribution >= 4 is 28.5 Å². The van der Waals surface area contributed by atoms with Crippen molar-refractivity contribution in [1.82, 2.24) is 5.32 Å². The molecule has 2 aromatic rings. The van der Waals surface area contributed by atoms with Crippen LogP contribution in [0.25, 0.3) is 11.0 Å². The summed E-state index contributed by atoms with van der Waals surface area (Å²) in [4.78, 5) is 12.2. The van der Waals surface area contributed by atoms with Gasteiger partial charge < -0.3 is 9.73 Å². The lowest BCUT2D eigenvalue weighted by atomic mass is 10.1. The molecule has 0 aliphatic heterocycles. The third kappa shape index (κ3) is 2.76. The Hall–Kier alpha value is -1.48. The summed E-state index contributed by atoms with van der Waals surface area (Å²) in [7, 11) is 0. The zero-order valence-electron chi connectivity index (χ0n) is 11.6. The second-order valence-electron chi connectivity index (χ2n) is 5.20. The maximum atomic E-state index is 12.2. The average molecular weight is 280 g/mol. The van der Waals surface area contributed by atoms with Gasteiger partial charge in [0.25, 0.3) is 5.91 Å². The molecule has 0 saturated heterocycles. The molecule has 0 aliphatic carbocycles. The van der Waals surface area contributed by atoms with E-state index in [2.05, 4.69) is 19.2 Å². The van der Waals surface area contributed by atoms with E-state index in [1.54, 1.807) is 12.1 Å². The van der Waals surface area contributed by atoms with Crippen molar-refractivity contribution in [2.24, 2.45) is 5.92 Å². The van der Waals surface area contributed by atoms with Crippen molar-refractivity contribution in [3.63, 3.8) is 0 Å². The summed E-state index contributed by atoms with van der Waals surface area (Å²) >= 11 is 5.96. The number of hydrogen-bond acceptors (Lipinski definition) is 2. The second-order valence-corrected chi connectivity index (χ2v) is 5.64. The topological polar surface area (TPSA) is 42.2 Å². The first-order valence-electron chi connectivity index (χ1n) is 6.39. The third-order valence-electron chi connectivity index (χ3n) is 3.46. The lowest BCUT2D eigenvalue weighted by Crippen LogP contribution is -2.36. The van der Waals surface area contributed by atoms with Crippen molar-refractivity contribution in [1.29, 1.82) is 0 Å². The highest BCUT2D eigenvalue weighted by molar-refractivity contribution is 6.31. The molecule has 1 heterocycles. The molecule has 1 aromatic carbocycles. The summed E-state index contributed by atoms with van der Waals surface area (Å²) in [5, 5.41) is 4.47. The number of benzene rings is 1. The molecule has 19 heavy (non-hydrogen) atoms. The van der Waals surface area contributed by atoms with Crippen LogP contribution in [0.2, 0.25) is 5.02 Å². The number of amides is 1. The molecule has 3 nitrogen and oxygen atoms in total. The number of hydrogen-bond donors (Lipinski definition) is 1. The smallest absolute Gasteiger partial charge is 0.287 e. The van der Waals surface area contributed by atoms with Gasteiger partial charge >= 0.3 is 0 Å². The molecule has 1 N–H and O–H groups in total. The lowest BCUT2D eigenvalue weighted by molar-refractivity contribution is 0.0903. The predicted molar refractivity (Wildman–Crippen MR) is 77.7 cm³/mol. The first-order valence-corrected chi connectivity index (χ1v) is 6.77. The maximum Gasteiger partial charge on any atom is 0.287 e. The van der Waals surface area contributed by atoms with Crippen LogP contribution >= 0.6 is 11.6 Å². The summed E-state index contributed by atoms with van der Waals surface area (Å²) < 4.78 is 5.63. The Kier molecular flexibility index (Phi) is 3.85. The molecule has 0 spiro atoms. The van der Waals surface area contributed by atoms with E-state index in [-0.39, 0.29) is 11.9 Å². The molecule has 0 aliphatic rings. The van der Waals surface area contributed by atoms with Gasteiger partial charge in [0, 0.05) is 22.0 Å². The van der Waals surface area contributed by atoms with Crippen molar-refractivity contribution in [3.05, 3.63) is 34.5 Å². The van der Waals surface area contributed by atoms with E-state index in [1.807, 2.05) is 19.9 Å². The summed E-state index contributed by atoms with van der Waals surface area (Å²) in [5.74, 6) is 0.568. The number of carbonyl (C=O) groups excluding carboxylic acids is 1. The Balaban J connectivity index is 2.35. The van der Waals surface area contributed by atoms with E-state index >= 15 is 0 Å². The highest BCUT2D eigenvalue weighted by Crippen LogP contribution is 2.27. The number of furan rings is 1. The first-order chi connectivity index (χ1) is 8.90. The second kappa shape index (κ2) is 5.25. The Morgan fingerprint density at radius 1 is 1.32 bits per heavy atom. The molecule has 2 rings (SSSR count). The van der Waals surface area contributed by atoms with Crippen LogP contribution in [0.3, 0.4) is 0 Å². The SMILES string of the molecule is Cc1c(C(=O)NC(C)C(C)C)oc2ccc(Cl)cc12. The molecule has 1 atom stereocenters. The molecule has 1 unspecified atom stereocenters. The Labute approximate surface area is 117 Å². The van der Waals surface area contributed by atoms with Crippen LogP contribution in [-0.4, -0.2) is 11.9 Å². The highest BCUT2D eigenvalue weighted by Gasteiger charge is 2.20.